The number of likely N-dealkylation sites (N-methyl/N-ethyl adjacent to an activating group) is 1. The molecule has 1 heterocycles. The molecule has 0 spiro atoms. The first kappa shape index (κ1) is 25.6. The molecule has 0 atom stereocenters. The third-order valence-corrected chi connectivity index (χ3v) is 5.68. The summed E-state index contributed by atoms with van der Waals surface area (Å²) in [6, 6.07) is 7.40. The van der Waals surface area contributed by atoms with E-state index in [-0.39, 0.29) is 12.5 Å². The summed E-state index contributed by atoms with van der Waals surface area (Å²) in [7, 11) is 0. The molecule has 0 saturated carbocycles. The number of rotatable bonds is 14. The zero-order chi connectivity index (χ0) is 23.5. The van der Waals surface area contributed by atoms with E-state index >= 15 is 0 Å². The van der Waals surface area contributed by atoms with Gasteiger partial charge in [-0.2, -0.15) is 0 Å². The molecular formula is C25H38N4O3. The molecule has 32 heavy (non-hydrogen) atoms. The minimum absolute atomic E-state index is 0.0112. The van der Waals surface area contributed by atoms with Crippen LogP contribution in [0, 0.1) is 0 Å². The van der Waals surface area contributed by atoms with E-state index in [1.54, 1.807) is 15.7 Å². The van der Waals surface area contributed by atoms with Crippen LogP contribution in [0.5, 0.6) is 0 Å². The second-order valence-electron chi connectivity index (χ2n) is 8.03. The molecule has 176 valence electrons. The minimum Gasteiger partial charge on any atom is -0.349 e. The van der Waals surface area contributed by atoms with E-state index in [2.05, 4.69) is 24.1 Å². The molecule has 2 amide bonds. The summed E-state index contributed by atoms with van der Waals surface area (Å²) in [4.78, 5) is 42.2. The van der Waals surface area contributed by atoms with Crippen LogP contribution in [0.15, 0.2) is 30.5 Å². The summed E-state index contributed by atoms with van der Waals surface area (Å²) in [6.07, 6.45) is 4.65. The Kier molecular flexibility index (Phi) is 10.4. The van der Waals surface area contributed by atoms with Crippen LogP contribution in [0.25, 0.3) is 10.9 Å². The van der Waals surface area contributed by atoms with Gasteiger partial charge in [0.2, 0.25) is 5.91 Å². The van der Waals surface area contributed by atoms with Gasteiger partial charge in [-0.25, -0.2) is 0 Å². The number of para-hydroxylation sites is 1. The first-order valence-corrected chi connectivity index (χ1v) is 11.9. The number of hydrogen-bond acceptors (Lipinski definition) is 4. The van der Waals surface area contributed by atoms with Gasteiger partial charge in [0.15, 0.2) is 0 Å². The average molecular weight is 443 g/mol. The highest BCUT2D eigenvalue weighted by atomic mass is 16.2. The van der Waals surface area contributed by atoms with Crippen LogP contribution in [0.4, 0.5) is 0 Å². The van der Waals surface area contributed by atoms with E-state index in [0.29, 0.717) is 30.6 Å². The highest BCUT2D eigenvalue weighted by molar-refractivity contribution is 6.45. The molecule has 0 aliphatic heterocycles. The number of carbonyl (C=O) groups excluding carboxylic acids is 3. The molecule has 7 nitrogen and oxygen atoms in total. The molecule has 2 aromatic rings. The maximum Gasteiger partial charge on any atom is 0.292 e. The Balaban J connectivity index is 2.06. The third kappa shape index (κ3) is 6.66. The Hall–Kier alpha value is -2.67. The van der Waals surface area contributed by atoms with Gasteiger partial charge in [-0.15, -0.1) is 0 Å². The number of benzene rings is 1. The SMILES string of the molecule is CCCN(CCC)CCCNC(=O)C(=O)c1cn(CC(=O)N(CC)CC)c2ccccc12. The summed E-state index contributed by atoms with van der Waals surface area (Å²) in [5.74, 6) is -1.17. The van der Waals surface area contributed by atoms with E-state index in [4.69, 9.17) is 0 Å². The molecule has 0 saturated heterocycles. The number of ketones is 1. The Labute approximate surface area is 191 Å². The largest absolute Gasteiger partial charge is 0.349 e. The van der Waals surface area contributed by atoms with Gasteiger partial charge in [-0.05, 0) is 58.8 Å². The second kappa shape index (κ2) is 13.0. The van der Waals surface area contributed by atoms with E-state index in [1.807, 2.05) is 38.1 Å². The predicted molar refractivity (Wildman–Crippen MR) is 129 cm³/mol. The van der Waals surface area contributed by atoms with Crippen molar-refractivity contribution in [1.82, 2.24) is 19.7 Å². The van der Waals surface area contributed by atoms with E-state index in [1.165, 1.54) is 0 Å². The molecule has 1 aromatic carbocycles. The van der Waals surface area contributed by atoms with Crippen LogP contribution in [0.2, 0.25) is 0 Å². The van der Waals surface area contributed by atoms with Crippen LogP contribution >= 0.6 is 0 Å². The van der Waals surface area contributed by atoms with Crippen LogP contribution in [-0.2, 0) is 16.1 Å². The minimum atomic E-state index is -0.597. The predicted octanol–water partition coefficient (Wildman–Crippen LogP) is 3.32. The summed E-state index contributed by atoms with van der Waals surface area (Å²) in [5.41, 5.74) is 1.11. The van der Waals surface area contributed by atoms with Crippen LogP contribution in [0.3, 0.4) is 0 Å². The van der Waals surface area contributed by atoms with Gasteiger partial charge in [0.25, 0.3) is 11.7 Å². The maximum absolute atomic E-state index is 12.9. The Morgan fingerprint density at radius 2 is 1.59 bits per heavy atom. The summed E-state index contributed by atoms with van der Waals surface area (Å²) in [5, 5.41) is 3.46. The standard InChI is InChI=1S/C25H38N4O3/c1-5-15-27(16-6-2)17-11-14-26-25(32)24(31)21-18-29(19-23(30)28(7-3)8-4)22-13-10-9-12-20(21)22/h9-10,12-13,18H,5-8,11,14-17,19H2,1-4H3,(H,26,32). The Morgan fingerprint density at radius 3 is 2.22 bits per heavy atom. The van der Waals surface area contributed by atoms with E-state index in [0.717, 1.165) is 44.4 Å². The van der Waals surface area contributed by atoms with Crippen molar-refractivity contribution < 1.29 is 14.4 Å². The van der Waals surface area contributed by atoms with Crippen LogP contribution < -0.4 is 5.32 Å². The van der Waals surface area contributed by atoms with Gasteiger partial charge in [0, 0.05) is 36.7 Å². The molecule has 0 aliphatic carbocycles. The van der Waals surface area contributed by atoms with Gasteiger partial charge >= 0.3 is 0 Å². The Morgan fingerprint density at radius 1 is 0.938 bits per heavy atom. The van der Waals surface area contributed by atoms with Gasteiger partial charge < -0.3 is 19.7 Å². The topological polar surface area (TPSA) is 74.6 Å². The quantitative estimate of drug-likeness (QED) is 0.277. The molecule has 0 bridgehead atoms. The number of hydrogen-bond donors (Lipinski definition) is 1. The normalized spacial score (nSPS) is 11.2. The van der Waals surface area contributed by atoms with Gasteiger partial charge in [-0.3, -0.25) is 14.4 Å². The van der Waals surface area contributed by atoms with Crippen molar-refractivity contribution in [2.24, 2.45) is 0 Å². The van der Waals surface area contributed by atoms with Gasteiger partial charge in [0.05, 0.1) is 5.56 Å². The zero-order valence-corrected chi connectivity index (χ0v) is 20.0. The molecule has 0 radical (unpaired) electrons. The fourth-order valence-corrected chi connectivity index (χ4v) is 4.06. The van der Waals surface area contributed by atoms with Crippen molar-refractivity contribution in [3.05, 3.63) is 36.0 Å². The lowest BCUT2D eigenvalue weighted by Crippen LogP contribution is -2.34. The monoisotopic (exact) mass is 442 g/mol. The maximum atomic E-state index is 12.9. The van der Waals surface area contributed by atoms with Crippen molar-refractivity contribution in [2.45, 2.75) is 53.5 Å². The number of Topliss-reactive ketones (excluding diaryl/α,β-unsaturated/α-hetero) is 1. The van der Waals surface area contributed by atoms with Crippen molar-refractivity contribution in [2.75, 3.05) is 39.3 Å². The molecule has 0 fully saturated rings. The number of nitrogens with one attached hydrogen (secondary N) is 1. The van der Waals surface area contributed by atoms with E-state index in [9.17, 15) is 14.4 Å². The van der Waals surface area contributed by atoms with Crippen molar-refractivity contribution >= 4 is 28.5 Å². The third-order valence-electron chi connectivity index (χ3n) is 5.68. The summed E-state index contributed by atoms with van der Waals surface area (Å²) < 4.78 is 1.77. The molecule has 1 N–H and O–H groups in total. The zero-order valence-electron chi connectivity index (χ0n) is 20.0. The molecule has 0 unspecified atom stereocenters. The van der Waals surface area contributed by atoms with Crippen molar-refractivity contribution in [3.8, 4) is 0 Å². The number of amides is 2. The first-order valence-electron chi connectivity index (χ1n) is 11.9. The number of nitrogens with zero attached hydrogens (tertiary/aromatic N) is 3. The average Bonchev–Trinajstić information content (AvgIpc) is 3.15. The highest BCUT2D eigenvalue weighted by Crippen LogP contribution is 2.22. The molecule has 2 rings (SSSR count). The number of carbonyl (C=O) groups is 3. The highest BCUT2D eigenvalue weighted by Gasteiger charge is 2.22. The summed E-state index contributed by atoms with van der Waals surface area (Å²) >= 11 is 0. The number of fused-ring (bicyclic) bond motifs is 1. The van der Waals surface area contributed by atoms with Crippen molar-refractivity contribution in [1.29, 1.82) is 0 Å². The fourth-order valence-electron chi connectivity index (χ4n) is 4.06. The lowest BCUT2D eigenvalue weighted by molar-refractivity contribution is -0.131. The second-order valence-corrected chi connectivity index (χ2v) is 8.03. The lowest BCUT2D eigenvalue weighted by atomic mass is 10.1. The fraction of sp³-hybridized carbons (Fsp3) is 0.560. The first-order chi connectivity index (χ1) is 15.5. The van der Waals surface area contributed by atoms with E-state index < -0.39 is 11.7 Å². The molecule has 7 heteroatoms. The Bertz CT molecular complexity index is 896. The van der Waals surface area contributed by atoms with Crippen LogP contribution in [-0.4, -0.2) is 71.2 Å². The smallest absolute Gasteiger partial charge is 0.292 e. The van der Waals surface area contributed by atoms with Crippen molar-refractivity contribution in [3.63, 3.8) is 0 Å². The molecule has 1 aromatic heterocycles. The molecular weight excluding hydrogens is 404 g/mol. The molecule has 0 aliphatic rings. The summed E-state index contributed by atoms with van der Waals surface area (Å²) in [6.45, 7) is 13.1. The van der Waals surface area contributed by atoms with Gasteiger partial charge in [0.1, 0.15) is 6.54 Å². The lowest BCUT2D eigenvalue weighted by Gasteiger charge is -2.20. The van der Waals surface area contributed by atoms with Gasteiger partial charge in [-0.1, -0.05) is 32.0 Å². The van der Waals surface area contributed by atoms with Crippen LogP contribution in [0.1, 0.15) is 57.3 Å². The number of aromatic nitrogens is 1.